The van der Waals surface area contributed by atoms with Gasteiger partial charge in [-0.2, -0.15) is 0 Å². The Morgan fingerprint density at radius 3 is 1.05 bits per heavy atom. The molecule has 0 aliphatic rings. The van der Waals surface area contributed by atoms with Gasteiger partial charge in [-0.3, -0.25) is 0 Å². The topological polar surface area (TPSA) is 71.6 Å². The normalized spacial score (nSPS) is 10.4. The zero-order valence-corrected chi connectivity index (χ0v) is 16.6. The van der Waals surface area contributed by atoms with Crippen LogP contribution >= 0.6 is 7.26 Å². The maximum absolute atomic E-state index is 8.89. The van der Waals surface area contributed by atoms with Gasteiger partial charge in [0.1, 0.15) is 0 Å². The first kappa shape index (κ1) is 26.7. The third-order valence-electron chi connectivity index (χ3n) is 3.94. The number of carbonyl (C=O) groups is 1. The van der Waals surface area contributed by atoms with E-state index in [4.69, 9.17) is 9.90 Å². The summed E-state index contributed by atoms with van der Waals surface area (Å²) < 4.78 is 0. The molecule has 4 heteroatoms. The lowest BCUT2D eigenvalue weighted by molar-refractivity contribution is -0.302. The molecule has 2 N–H and O–H groups in total. The Morgan fingerprint density at radius 2 is 0.909 bits per heavy atom. The second-order valence-electron chi connectivity index (χ2n) is 6.14. The van der Waals surface area contributed by atoms with Gasteiger partial charge in [-0.05, 0) is 32.6 Å². The highest BCUT2D eigenvalue weighted by Gasteiger charge is 2.34. The molecule has 0 aliphatic carbocycles. The molecule has 0 unspecified atom stereocenters. The molecule has 0 amide bonds. The molecule has 0 atom stereocenters. The standard InChI is InChI=1S/C16H36P.C2H4O2.H2O/c1-5-9-13-17(14-10-6-2,15-11-7-3)16-12-8-4;1-2(3)4;/h5-16H2,1-4H3;1H3,(H,3,4);1H2/q+1;;/p-1. The van der Waals surface area contributed by atoms with E-state index < -0.39 is 13.2 Å². The number of carboxylic acid groups (broad SMARTS) is 1. The monoisotopic (exact) mass is 336 g/mol. The van der Waals surface area contributed by atoms with Crippen LogP contribution in [0, 0.1) is 0 Å². The second-order valence-corrected chi connectivity index (χ2v) is 10.6. The molecule has 0 aliphatic heterocycles. The van der Waals surface area contributed by atoms with Crippen LogP contribution in [0.1, 0.15) is 86.0 Å². The van der Waals surface area contributed by atoms with Crippen LogP contribution in [0.15, 0.2) is 0 Å². The highest BCUT2D eigenvalue weighted by molar-refractivity contribution is 7.75. The summed E-state index contributed by atoms with van der Waals surface area (Å²) in [5, 5.41) is 8.89. The number of unbranched alkanes of at least 4 members (excludes halogenated alkanes) is 4. The van der Waals surface area contributed by atoms with Crippen LogP contribution in [0.2, 0.25) is 0 Å². The minimum Gasteiger partial charge on any atom is -0.550 e. The average Bonchev–Trinajstić information content (AvgIpc) is 2.45. The Kier molecular flexibility index (Phi) is 23.0. The molecule has 0 aromatic heterocycles. The lowest BCUT2D eigenvalue weighted by atomic mass is 10.4. The van der Waals surface area contributed by atoms with Crippen molar-refractivity contribution in [2.45, 2.75) is 86.0 Å². The van der Waals surface area contributed by atoms with Crippen molar-refractivity contribution in [1.29, 1.82) is 0 Å². The molecule has 0 aromatic rings. The second kappa shape index (κ2) is 18.9. The van der Waals surface area contributed by atoms with Gasteiger partial charge in [-0.25, -0.2) is 0 Å². The zero-order valence-electron chi connectivity index (χ0n) is 15.7. The number of rotatable bonds is 12. The lowest BCUT2D eigenvalue weighted by Crippen LogP contribution is -2.16. The Balaban J connectivity index is -0.000000640. The van der Waals surface area contributed by atoms with Crippen molar-refractivity contribution in [1.82, 2.24) is 0 Å². The van der Waals surface area contributed by atoms with E-state index >= 15 is 0 Å². The number of aliphatic carboxylic acids is 1. The van der Waals surface area contributed by atoms with Crippen molar-refractivity contribution in [3.05, 3.63) is 0 Å². The Labute approximate surface area is 139 Å². The quantitative estimate of drug-likeness (QED) is 0.503. The molecular formula is C18H41O3P. The molecule has 0 rings (SSSR count). The molecular weight excluding hydrogens is 295 g/mol. The van der Waals surface area contributed by atoms with Crippen LogP contribution in [0.25, 0.3) is 0 Å². The highest BCUT2D eigenvalue weighted by Crippen LogP contribution is 2.61. The van der Waals surface area contributed by atoms with Gasteiger partial charge >= 0.3 is 0 Å². The van der Waals surface area contributed by atoms with Gasteiger partial charge in [0.15, 0.2) is 0 Å². The van der Waals surface area contributed by atoms with Gasteiger partial charge in [0.2, 0.25) is 0 Å². The fourth-order valence-electron chi connectivity index (χ4n) is 2.64. The van der Waals surface area contributed by atoms with Crippen LogP contribution in [0.5, 0.6) is 0 Å². The summed E-state index contributed by atoms with van der Waals surface area (Å²) in [5.74, 6) is -1.08. The summed E-state index contributed by atoms with van der Waals surface area (Å²) in [6.07, 6.45) is 17.9. The molecule has 22 heavy (non-hydrogen) atoms. The van der Waals surface area contributed by atoms with E-state index in [0.717, 1.165) is 6.92 Å². The molecule has 0 bridgehead atoms. The summed E-state index contributed by atoms with van der Waals surface area (Å²) >= 11 is 0. The fourth-order valence-corrected chi connectivity index (χ4v) is 7.93. The maximum atomic E-state index is 8.89. The van der Waals surface area contributed by atoms with Crippen molar-refractivity contribution in [2.24, 2.45) is 0 Å². The predicted octanol–water partition coefficient (Wildman–Crippen LogP) is 4.14. The van der Waals surface area contributed by atoms with E-state index in [9.17, 15) is 0 Å². The third kappa shape index (κ3) is 17.9. The summed E-state index contributed by atoms with van der Waals surface area (Å²) in [7, 11) is -0.562. The molecule has 0 aromatic carbocycles. The molecule has 3 nitrogen and oxygen atoms in total. The van der Waals surface area contributed by atoms with Crippen molar-refractivity contribution >= 4 is 13.2 Å². The van der Waals surface area contributed by atoms with Crippen molar-refractivity contribution in [3.8, 4) is 0 Å². The summed E-state index contributed by atoms with van der Waals surface area (Å²) in [4.78, 5) is 8.89. The van der Waals surface area contributed by atoms with Crippen LogP contribution in [-0.4, -0.2) is 36.1 Å². The third-order valence-corrected chi connectivity index (χ3v) is 9.00. The van der Waals surface area contributed by atoms with Gasteiger partial charge in [-0.1, -0.05) is 53.4 Å². The molecule has 136 valence electrons. The molecule has 0 heterocycles. The maximum Gasteiger partial charge on any atom is 0.0594 e. The summed E-state index contributed by atoms with van der Waals surface area (Å²) in [6, 6.07) is 0. The van der Waals surface area contributed by atoms with Gasteiger partial charge in [0.25, 0.3) is 0 Å². The smallest absolute Gasteiger partial charge is 0.0594 e. The molecule has 0 fully saturated rings. The molecule has 0 radical (unpaired) electrons. The van der Waals surface area contributed by atoms with Crippen LogP contribution in [0.4, 0.5) is 0 Å². The van der Waals surface area contributed by atoms with E-state index in [1.165, 1.54) is 51.4 Å². The van der Waals surface area contributed by atoms with E-state index in [-0.39, 0.29) is 5.48 Å². The van der Waals surface area contributed by atoms with Crippen molar-refractivity contribution in [3.63, 3.8) is 0 Å². The largest absolute Gasteiger partial charge is 0.550 e. The van der Waals surface area contributed by atoms with Gasteiger partial charge < -0.3 is 15.4 Å². The predicted molar refractivity (Wildman–Crippen MR) is 100 cm³/mol. The van der Waals surface area contributed by atoms with E-state index in [2.05, 4.69) is 27.7 Å². The zero-order chi connectivity index (χ0) is 16.6. The first-order valence-corrected chi connectivity index (χ1v) is 11.5. The Morgan fingerprint density at radius 1 is 0.727 bits per heavy atom. The van der Waals surface area contributed by atoms with Crippen LogP contribution in [-0.2, 0) is 4.79 Å². The van der Waals surface area contributed by atoms with E-state index in [1.807, 2.05) is 0 Å². The molecule has 0 saturated carbocycles. The number of carboxylic acids is 1. The van der Waals surface area contributed by atoms with Crippen LogP contribution in [0.3, 0.4) is 0 Å². The van der Waals surface area contributed by atoms with Crippen molar-refractivity contribution < 1.29 is 15.4 Å². The first-order chi connectivity index (χ1) is 9.97. The highest BCUT2D eigenvalue weighted by atomic mass is 31.2. The molecule has 0 saturated heterocycles. The fraction of sp³-hybridized carbons (Fsp3) is 0.944. The number of hydrogen-bond acceptors (Lipinski definition) is 2. The Bertz CT molecular complexity index is 191. The van der Waals surface area contributed by atoms with Gasteiger partial charge in [0.05, 0.1) is 24.6 Å². The number of carbonyl (C=O) groups excluding carboxylic acids is 1. The SMILES string of the molecule is CC(=O)[O-].CCCC[P+](CCCC)(CCCC)CCCC.O. The Hall–Kier alpha value is -0.140. The first-order valence-electron chi connectivity index (χ1n) is 9.00. The van der Waals surface area contributed by atoms with Gasteiger partial charge in [-0.15, -0.1) is 0 Å². The average molecular weight is 336 g/mol. The van der Waals surface area contributed by atoms with Crippen LogP contribution < -0.4 is 5.11 Å². The summed E-state index contributed by atoms with van der Waals surface area (Å²) in [6.45, 7) is 10.4. The summed E-state index contributed by atoms with van der Waals surface area (Å²) in [5.41, 5.74) is 0. The van der Waals surface area contributed by atoms with E-state index in [1.54, 1.807) is 24.6 Å². The van der Waals surface area contributed by atoms with Gasteiger partial charge in [0, 0.05) is 13.2 Å². The van der Waals surface area contributed by atoms with Crippen molar-refractivity contribution in [2.75, 3.05) is 24.6 Å². The number of hydrogen-bond donors (Lipinski definition) is 0. The lowest BCUT2D eigenvalue weighted by Gasteiger charge is -2.28. The molecule has 0 spiro atoms. The minimum absolute atomic E-state index is 0. The van der Waals surface area contributed by atoms with E-state index in [0.29, 0.717) is 0 Å². The minimum atomic E-state index is -1.08.